The van der Waals surface area contributed by atoms with Gasteiger partial charge in [-0.05, 0) is 57.4 Å². The maximum atomic E-state index is 4.69. The van der Waals surface area contributed by atoms with E-state index in [0.29, 0.717) is 0 Å². The molecule has 4 aromatic heterocycles. The van der Waals surface area contributed by atoms with Gasteiger partial charge in [0.25, 0.3) is 0 Å². The minimum Gasteiger partial charge on any atom is -0.364 e. The molecule has 6 nitrogen and oxygen atoms in total. The quantitative estimate of drug-likeness (QED) is 0.187. The molecule has 0 aliphatic rings. The molecule has 4 rings (SSSR count). The minimum atomic E-state index is 0.167. The standard InChI is InChI=1S/C10H15N.C9H13N.C8H14N2.C7H11NO.4C2H6/c1-8-5-6-9(7-11-8)10(2,3)4;1-9(2,3)8-5-4-6-10-7-8;1-8(2,3)7-5-9-10(4)6-7;1-7(2,3)6-4-8-9-5-6;4*1-2/h5-7H,1-4H3;4-7H,1-3H3;5-6H,1-4H3;4-5H,1-3H3;4*1-2H3. The van der Waals surface area contributed by atoms with Gasteiger partial charge in [0.15, 0.2) is 0 Å². The number of pyridine rings is 2. The molecule has 6 heteroatoms. The van der Waals surface area contributed by atoms with Crippen LogP contribution in [0.25, 0.3) is 0 Å². The molecule has 0 N–H and O–H groups in total. The largest absolute Gasteiger partial charge is 0.364 e. The van der Waals surface area contributed by atoms with Crippen molar-refractivity contribution >= 4 is 0 Å². The van der Waals surface area contributed by atoms with Crippen molar-refractivity contribution < 1.29 is 4.52 Å². The van der Waals surface area contributed by atoms with Gasteiger partial charge in [0.1, 0.15) is 6.26 Å². The molecule has 0 aliphatic carbocycles. The molecular formula is C42H77N5O. The van der Waals surface area contributed by atoms with Crippen molar-refractivity contribution in [2.45, 2.75) is 167 Å². The number of hydrogen-bond acceptors (Lipinski definition) is 5. The smallest absolute Gasteiger partial charge is 0.127 e. The number of aromatic nitrogens is 5. The minimum absolute atomic E-state index is 0.167. The van der Waals surface area contributed by atoms with E-state index in [9.17, 15) is 0 Å². The van der Waals surface area contributed by atoms with E-state index in [4.69, 9.17) is 4.52 Å². The summed E-state index contributed by atoms with van der Waals surface area (Å²) in [6.45, 7) is 44.1. The summed E-state index contributed by atoms with van der Waals surface area (Å²) in [5.74, 6) is 0. The lowest BCUT2D eigenvalue weighted by Gasteiger charge is -2.17. The van der Waals surface area contributed by atoms with Crippen molar-refractivity contribution in [1.82, 2.24) is 24.9 Å². The molecular weight excluding hydrogens is 590 g/mol. The summed E-state index contributed by atoms with van der Waals surface area (Å²) in [5.41, 5.74) is 6.94. The van der Waals surface area contributed by atoms with Crippen molar-refractivity contribution in [2.24, 2.45) is 7.05 Å². The van der Waals surface area contributed by atoms with Crippen molar-refractivity contribution in [3.63, 3.8) is 0 Å². The third-order valence-corrected chi connectivity index (χ3v) is 6.17. The van der Waals surface area contributed by atoms with Crippen LogP contribution in [0.5, 0.6) is 0 Å². The van der Waals surface area contributed by atoms with Gasteiger partial charge in [-0.15, -0.1) is 0 Å². The highest BCUT2D eigenvalue weighted by molar-refractivity contribution is 5.20. The summed E-state index contributed by atoms with van der Waals surface area (Å²) in [6, 6.07) is 8.27. The molecule has 4 aromatic rings. The Morgan fingerprint density at radius 3 is 1.23 bits per heavy atom. The maximum Gasteiger partial charge on any atom is 0.127 e. The molecule has 0 atom stereocenters. The Morgan fingerprint density at radius 2 is 1.00 bits per heavy atom. The van der Waals surface area contributed by atoms with Crippen molar-refractivity contribution in [1.29, 1.82) is 0 Å². The number of rotatable bonds is 0. The van der Waals surface area contributed by atoms with Gasteiger partial charge in [-0.2, -0.15) is 5.10 Å². The molecule has 0 aliphatic heterocycles. The zero-order valence-corrected chi connectivity index (χ0v) is 35.5. The third-order valence-electron chi connectivity index (χ3n) is 6.17. The van der Waals surface area contributed by atoms with Crippen LogP contribution in [0.1, 0.15) is 166 Å². The second kappa shape index (κ2) is 26.6. The molecule has 0 saturated carbocycles. The topological polar surface area (TPSA) is 69.6 Å². The number of nitrogens with zero attached hydrogens (tertiary/aromatic N) is 5. The first-order valence-electron chi connectivity index (χ1n) is 17.9. The van der Waals surface area contributed by atoms with Gasteiger partial charge in [-0.3, -0.25) is 14.6 Å². The summed E-state index contributed by atoms with van der Waals surface area (Å²) in [6.07, 6.45) is 13.1. The van der Waals surface area contributed by atoms with Crippen molar-refractivity contribution in [3.8, 4) is 0 Å². The van der Waals surface area contributed by atoms with Crippen molar-refractivity contribution in [2.75, 3.05) is 0 Å². The highest BCUT2D eigenvalue weighted by Gasteiger charge is 2.16. The van der Waals surface area contributed by atoms with Crippen LogP contribution < -0.4 is 0 Å². The lowest BCUT2D eigenvalue weighted by atomic mass is 9.88. The number of hydrogen-bond donors (Lipinski definition) is 0. The van der Waals surface area contributed by atoms with Gasteiger partial charge < -0.3 is 4.52 Å². The Kier molecular flexibility index (Phi) is 28.6. The van der Waals surface area contributed by atoms with Crippen LogP contribution in [-0.2, 0) is 28.7 Å². The molecule has 0 radical (unpaired) electrons. The van der Waals surface area contributed by atoms with Gasteiger partial charge >= 0.3 is 0 Å². The van der Waals surface area contributed by atoms with E-state index < -0.39 is 0 Å². The van der Waals surface area contributed by atoms with Gasteiger partial charge in [0.05, 0.1) is 12.4 Å². The maximum absolute atomic E-state index is 4.69. The fourth-order valence-corrected chi connectivity index (χ4v) is 3.10. The molecule has 0 amide bonds. The first-order valence-corrected chi connectivity index (χ1v) is 17.9. The summed E-state index contributed by atoms with van der Waals surface area (Å²) in [4.78, 5) is 8.30. The fraction of sp³-hybridized carbons (Fsp3) is 0.619. The van der Waals surface area contributed by atoms with E-state index in [1.54, 1.807) is 18.7 Å². The Morgan fingerprint density at radius 1 is 0.542 bits per heavy atom. The molecule has 0 fully saturated rings. The highest BCUT2D eigenvalue weighted by atomic mass is 16.5. The lowest BCUT2D eigenvalue weighted by Crippen LogP contribution is -2.11. The fourth-order valence-electron chi connectivity index (χ4n) is 3.10. The normalized spacial score (nSPS) is 10.3. The Labute approximate surface area is 298 Å². The molecule has 0 spiro atoms. The Bertz CT molecular complexity index is 1210. The summed E-state index contributed by atoms with van der Waals surface area (Å²) in [5, 5.41) is 7.71. The Hall–Kier alpha value is -3.28. The van der Waals surface area contributed by atoms with Crippen molar-refractivity contribution in [3.05, 3.63) is 95.7 Å². The molecule has 48 heavy (non-hydrogen) atoms. The zero-order chi connectivity index (χ0) is 38.8. The molecule has 4 heterocycles. The molecule has 0 unspecified atom stereocenters. The average molecular weight is 668 g/mol. The van der Waals surface area contributed by atoms with E-state index >= 15 is 0 Å². The Balaban J connectivity index is -0.000000251. The number of aryl methyl sites for hydroxylation is 2. The molecule has 0 aromatic carbocycles. The van der Waals surface area contributed by atoms with Gasteiger partial charge in [-0.25, -0.2) is 0 Å². The summed E-state index contributed by atoms with van der Waals surface area (Å²) in [7, 11) is 1.94. The first kappa shape index (κ1) is 51.6. The van der Waals surface area contributed by atoms with Crippen LogP contribution in [0.3, 0.4) is 0 Å². The van der Waals surface area contributed by atoms with Gasteiger partial charge in [0.2, 0.25) is 0 Å². The highest BCUT2D eigenvalue weighted by Crippen LogP contribution is 2.22. The predicted octanol–water partition coefficient (Wildman–Crippen LogP) is 12.9. The second-order valence-electron chi connectivity index (χ2n) is 14.2. The molecule has 276 valence electrons. The molecule has 0 bridgehead atoms. The SMILES string of the molecule is CC.CC.CC.CC.CC(C)(C)c1cccnc1.CC(C)(C)c1cnoc1.Cc1ccc(C(C)(C)C)cn1.Cn1cc(C(C)(C)C)cn1. The van der Waals surface area contributed by atoms with Crippen LogP contribution in [0.2, 0.25) is 0 Å². The van der Waals surface area contributed by atoms with Gasteiger partial charge in [0, 0.05) is 43.1 Å². The lowest BCUT2D eigenvalue weighted by molar-refractivity contribution is 0.416. The van der Waals surface area contributed by atoms with Crippen LogP contribution >= 0.6 is 0 Å². The van der Waals surface area contributed by atoms with E-state index in [1.807, 2.05) is 98.7 Å². The predicted molar refractivity (Wildman–Crippen MR) is 213 cm³/mol. The van der Waals surface area contributed by atoms with Crippen LogP contribution in [0, 0.1) is 6.92 Å². The van der Waals surface area contributed by atoms with Crippen LogP contribution in [-0.4, -0.2) is 24.9 Å². The second-order valence-corrected chi connectivity index (χ2v) is 14.2. The summed E-state index contributed by atoms with van der Waals surface area (Å²) >= 11 is 0. The van der Waals surface area contributed by atoms with E-state index in [-0.39, 0.29) is 21.7 Å². The first-order chi connectivity index (χ1) is 22.2. The monoisotopic (exact) mass is 668 g/mol. The van der Waals surface area contributed by atoms with Crippen LogP contribution in [0.4, 0.5) is 0 Å². The van der Waals surface area contributed by atoms with E-state index in [1.165, 1.54) is 16.7 Å². The average Bonchev–Trinajstić information content (AvgIpc) is 3.75. The zero-order valence-electron chi connectivity index (χ0n) is 35.5. The van der Waals surface area contributed by atoms with Crippen LogP contribution in [0.15, 0.2) is 72.2 Å². The third kappa shape index (κ3) is 24.8. The molecule has 0 saturated heterocycles. The van der Waals surface area contributed by atoms with E-state index in [0.717, 1.165) is 11.3 Å². The van der Waals surface area contributed by atoms with E-state index in [2.05, 4.69) is 128 Å². The summed E-state index contributed by atoms with van der Waals surface area (Å²) < 4.78 is 6.52. The van der Waals surface area contributed by atoms with Gasteiger partial charge in [-0.1, -0.05) is 156 Å².